The number of halogens is 1. The fourth-order valence-corrected chi connectivity index (χ4v) is 2.65. The first-order valence-electron chi connectivity index (χ1n) is 6.53. The molecule has 1 fully saturated rings. The minimum atomic E-state index is 0.175. The van der Waals surface area contributed by atoms with Gasteiger partial charge in [-0.25, -0.2) is 0 Å². The zero-order chi connectivity index (χ0) is 13.4. The second-order valence-electron chi connectivity index (χ2n) is 6.54. The molecule has 1 heterocycles. The maximum Gasteiger partial charge on any atom is 0.0409 e. The van der Waals surface area contributed by atoms with Crippen molar-refractivity contribution in [3.63, 3.8) is 0 Å². The molecule has 0 saturated carbocycles. The molecule has 0 amide bonds. The summed E-state index contributed by atoms with van der Waals surface area (Å²) in [6.07, 6.45) is 0. The molecule has 0 atom stereocenters. The van der Waals surface area contributed by atoms with Gasteiger partial charge in [0, 0.05) is 35.7 Å². The molecule has 18 heavy (non-hydrogen) atoms. The van der Waals surface area contributed by atoms with E-state index in [1.54, 1.807) is 0 Å². The lowest BCUT2D eigenvalue weighted by atomic mass is 9.91. The molecule has 0 radical (unpaired) electrons. The van der Waals surface area contributed by atoms with Crippen LogP contribution in [0.3, 0.4) is 0 Å². The molecular weight excluding hydrogens is 244 g/mol. The summed E-state index contributed by atoms with van der Waals surface area (Å²) in [5, 5.41) is 4.43. The predicted octanol–water partition coefficient (Wildman–Crippen LogP) is 3.30. The third-order valence-corrected chi connectivity index (χ3v) is 3.94. The molecule has 0 spiro atoms. The molecule has 1 saturated heterocycles. The normalized spacial score (nSPS) is 22.9. The summed E-state index contributed by atoms with van der Waals surface area (Å²) in [7, 11) is 0. The van der Waals surface area contributed by atoms with Crippen molar-refractivity contribution in [3.05, 3.63) is 34.9 Å². The fourth-order valence-electron chi connectivity index (χ4n) is 2.44. The average Bonchev–Trinajstić information content (AvgIpc) is 2.24. The van der Waals surface area contributed by atoms with E-state index in [0.717, 1.165) is 24.7 Å². The van der Waals surface area contributed by atoms with Crippen LogP contribution in [0.5, 0.6) is 0 Å². The van der Waals surface area contributed by atoms with Crippen molar-refractivity contribution >= 4 is 11.6 Å². The highest BCUT2D eigenvalue weighted by molar-refractivity contribution is 6.30. The van der Waals surface area contributed by atoms with E-state index in [-0.39, 0.29) is 11.1 Å². The number of nitrogens with zero attached hydrogens (tertiary/aromatic N) is 1. The second-order valence-corrected chi connectivity index (χ2v) is 6.97. The number of hydrogen-bond acceptors (Lipinski definition) is 2. The Morgan fingerprint density at radius 1 is 1.28 bits per heavy atom. The average molecular weight is 267 g/mol. The Hall–Kier alpha value is -0.570. The van der Waals surface area contributed by atoms with Gasteiger partial charge in [-0.1, -0.05) is 23.7 Å². The van der Waals surface area contributed by atoms with Crippen molar-refractivity contribution in [2.75, 3.05) is 13.1 Å². The summed E-state index contributed by atoms with van der Waals surface area (Å²) in [6.45, 7) is 12.1. The van der Waals surface area contributed by atoms with Gasteiger partial charge in [0.2, 0.25) is 0 Å². The fraction of sp³-hybridized carbons (Fsp3) is 0.600. The molecule has 100 valence electrons. The van der Waals surface area contributed by atoms with Crippen LogP contribution in [-0.2, 0) is 6.54 Å². The monoisotopic (exact) mass is 266 g/mol. The van der Waals surface area contributed by atoms with Crippen molar-refractivity contribution in [3.8, 4) is 0 Å². The van der Waals surface area contributed by atoms with Gasteiger partial charge in [0.05, 0.1) is 0 Å². The Kier molecular flexibility index (Phi) is 3.72. The summed E-state index contributed by atoms with van der Waals surface area (Å²) >= 11 is 6.06. The number of hydrogen-bond donors (Lipinski definition) is 1. The molecule has 0 unspecified atom stereocenters. The van der Waals surface area contributed by atoms with Gasteiger partial charge in [0.15, 0.2) is 0 Å². The zero-order valence-corrected chi connectivity index (χ0v) is 12.5. The maximum atomic E-state index is 6.06. The quantitative estimate of drug-likeness (QED) is 0.884. The van der Waals surface area contributed by atoms with E-state index in [1.165, 1.54) is 5.56 Å². The molecule has 0 aliphatic carbocycles. The highest BCUT2D eigenvalue weighted by atomic mass is 35.5. The van der Waals surface area contributed by atoms with Crippen LogP contribution < -0.4 is 5.32 Å². The van der Waals surface area contributed by atoms with E-state index in [0.29, 0.717) is 0 Å². The van der Waals surface area contributed by atoms with Crippen LogP contribution in [0.25, 0.3) is 0 Å². The smallest absolute Gasteiger partial charge is 0.0409 e. The van der Waals surface area contributed by atoms with Gasteiger partial charge in [-0.2, -0.15) is 0 Å². The van der Waals surface area contributed by atoms with E-state index in [1.807, 2.05) is 12.1 Å². The topological polar surface area (TPSA) is 15.3 Å². The first-order valence-corrected chi connectivity index (χ1v) is 6.91. The number of benzene rings is 1. The summed E-state index contributed by atoms with van der Waals surface area (Å²) in [4.78, 5) is 2.54. The lowest BCUT2D eigenvalue weighted by Gasteiger charge is -2.49. The SMILES string of the molecule is CC1(C)CN(Cc2cccc(Cl)c2)C(C)(C)CN1. The van der Waals surface area contributed by atoms with Crippen LogP contribution in [0.1, 0.15) is 33.3 Å². The third-order valence-electron chi connectivity index (χ3n) is 3.70. The van der Waals surface area contributed by atoms with Crippen LogP contribution in [0.15, 0.2) is 24.3 Å². The molecule has 0 bridgehead atoms. The molecule has 2 nitrogen and oxygen atoms in total. The molecule has 1 aromatic carbocycles. The van der Waals surface area contributed by atoms with Gasteiger partial charge >= 0.3 is 0 Å². The number of rotatable bonds is 2. The Labute approximate surface area is 115 Å². The largest absolute Gasteiger partial charge is 0.309 e. The summed E-state index contributed by atoms with van der Waals surface area (Å²) < 4.78 is 0. The Bertz CT molecular complexity index is 426. The first-order chi connectivity index (χ1) is 8.28. The van der Waals surface area contributed by atoms with Crippen molar-refractivity contribution in [2.45, 2.75) is 45.3 Å². The van der Waals surface area contributed by atoms with Crippen LogP contribution in [0.4, 0.5) is 0 Å². The summed E-state index contributed by atoms with van der Waals surface area (Å²) in [5.74, 6) is 0. The predicted molar refractivity (Wildman–Crippen MR) is 78.0 cm³/mol. The molecule has 0 aromatic heterocycles. The lowest BCUT2D eigenvalue weighted by molar-refractivity contribution is 0.0324. The summed E-state index contributed by atoms with van der Waals surface area (Å²) in [6, 6.07) is 8.17. The Morgan fingerprint density at radius 3 is 2.67 bits per heavy atom. The van der Waals surface area contributed by atoms with Crippen LogP contribution in [0.2, 0.25) is 5.02 Å². The molecule has 3 heteroatoms. The van der Waals surface area contributed by atoms with Gasteiger partial charge in [-0.05, 0) is 45.4 Å². The second kappa shape index (κ2) is 4.84. The number of nitrogens with one attached hydrogen (secondary N) is 1. The zero-order valence-electron chi connectivity index (χ0n) is 11.8. The Morgan fingerprint density at radius 2 is 2.00 bits per heavy atom. The number of piperazine rings is 1. The minimum absolute atomic E-state index is 0.175. The van der Waals surface area contributed by atoms with Crippen LogP contribution >= 0.6 is 11.6 Å². The van der Waals surface area contributed by atoms with E-state index >= 15 is 0 Å². The lowest BCUT2D eigenvalue weighted by Crippen LogP contribution is -2.65. The third kappa shape index (κ3) is 3.25. The molecule has 1 N–H and O–H groups in total. The first kappa shape index (κ1) is 13.9. The van der Waals surface area contributed by atoms with Crippen molar-refractivity contribution < 1.29 is 0 Å². The molecule has 1 aromatic rings. The summed E-state index contributed by atoms with van der Waals surface area (Å²) in [5.41, 5.74) is 1.64. The standard InChI is InChI=1S/C15H23ClN2/c1-14(2)11-18(15(3,4)10-17-14)9-12-6-5-7-13(16)8-12/h5-8,17H,9-11H2,1-4H3. The molecule has 2 rings (SSSR count). The Balaban J connectivity index is 2.15. The molecule has 1 aliphatic rings. The van der Waals surface area contributed by atoms with E-state index in [9.17, 15) is 0 Å². The van der Waals surface area contributed by atoms with Gasteiger partial charge < -0.3 is 5.32 Å². The van der Waals surface area contributed by atoms with E-state index in [4.69, 9.17) is 11.6 Å². The molecular formula is C15H23ClN2. The van der Waals surface area contributed by atoms with Crippen LogP contribution in [0, 0.1) is 0 Å². The van der Waals surface area contributed by atoms with E-state index in [2.05, 4.69) is 50.0 Å². The van der Waals surface area contributed by atoms with E-state index < -0.39 is 0 Å². The van der Waals surface area contributed by atoms with Crippen LogP contribution in [-0.4, -0.2) is 29.1 Å². The van der Waals surface area contributed by atoms with Gasteiger partial charge in [-0.15, -0.1) is 0 Å². The highest BCUT2D eigenvalue weighted by Crippen LogP contribution is 2.26. The minimum Gasteiger partial charge on any atom is -0.309 e. The molecule has 1 aliphatic heterocycles. The maximum absolute atomic E-state index is 6.06. The highest BCUT2D eigenvalue weighted by Gasteiger charge is 2.37. The van der Waals surface area contributed by atoms with Gasteiger partial charge in [-0.3, -0.25) is 4.90 Å². The van der Waals surface area contributed by atoms with Crippen molar-refractivity contribution in [1.29, 1.82) is 0 Å². The van der Waals surface area contributed by atoms with Crippen molar-refractivity contribution in [2.24, 2.45) is 0 Å². The van der Waals surface area contributed by atoms with Gasteiger partial charge in [0.1, 0.15) is 0 Å². The van der Waals surface area contributed by atoms with Gasteiger partial charge in [0.25, 0.3) is 0 Å². The van der Waals surface area contributed by atoms with Crippen molar-refractivity contribution in [1.82, 2.24) is 10.2 Å².